The van der Waals surface area contributed by atoms with Crippen LogP contribution in [0.15, 0.2) is 42.5 Å². The zero-order valence-corrected chi connectivity index (χ0v) is 21.8. The molecule has 0 aromatic heterocycles. The molecule has 0 bridgehead atoms. The third kappa shape index (κ3) is 6.98. The Hall–Kier alpha value is -2.29. The van der Waals surface area contributed by atoms with Crippen LogP contribution in [-0.2, 0) is 35.3 Å². The van der Waals surface area contributed by atoms with Crippen LogP contribution in [0.1, 0.15) is 45.5 Å². The molecule has 4 aliphatic rings. The monoisotopic (exact) mass is 507 g/mol. The van der Waals surface area contributed by atoms with Gasteiger partial charge in [0, 0.05) is 64.1 Å². The highest BCUT2D eigenvalue weighted by molar-refractivity contribution is 5.97. The first-order chi connectivity index (χ1) is 18.0. The quantitative estimate of drug-likeness (QED) is 0.625. The van der Waals surface area contributed by atoms with Gasteiger partial charge in [-0.05, 0) is 66.3 Å². The SMILES string of the molecule is N[C@@H]1CCOC1.O=C1c2cc(C[C@@H]3CCOC3)ccc2CCN1C[C@@H](O)CN1CCc2ccccc2C1. The number of hydrogen-bond donors (Lipinski definition) is 2. The number of aliphatic hydroxyl groups excluding tert-OH is 1. The molecule has 0 unspecified atom stereocenters. The van der Waals surface area contributed by atoms with Crippen LogP contribution in [0.2, 0.25) is 0 Å². The largest absolute Gasteiger partial charge is 0.390 e. The molecule has 2 aromatic carbocycles. The van der Waals surface area contributed by atoms with Crippen LogP contribution in [0.25, 0.3) is 0 Å². The van der Waals surface area contributed by atoms with Gasteiger partial charge in [0.15, 0.2) is 0 Å². The van der Waals surface area contributed by atoms with Crippen molar-refractivity contribution < 1.29 is 19.4 Å². The van der Waals surface area contributed by atoms with Crippen LogP contribution >= 0.6 is 0 Å². The van der Waals surface area contributed by atoms with E-state index in [-0.39, 0.29) is 5.91 Å². The van der Waals surface area contributed by atoms with E-state index in [1.54, 1.807) is 0 Å². The van der Waals surface area contributed by atoms with Gasteiger partial charge in [0.25, 0.3) is 5.91 Å². The minimum absolute atomic E-state index is 0.0637. The highest BCUT2D eigenvalue weighted by Crippen LogP contribution is 2.25. The predicted molar refractivity (Wildman–Crippen MR) is 144 cm³/mol. The summed E-state index contributed by atoms with van der Waals surface area (Å²) in [5, 5.41) is 10.8. The van der Waals surface area contributed by atoms with E-state index in [2.05, 4.69) is 47.4 Å². The van der Waals surface area contributed by atoms with Gasteiger partial charge in [0.05, 0.1) is 12.7 Å². The second-order valence-corrected chi connectivity index (χ2v) is 11.0. The van der Waals surface area contributed by atoms with Gasteiger partial charge in [-0.3, -0.25) is 9.69 Å². The molecule has 2 saturated heterocycles. The fourth-order valence-corrected chi connectivity index (χ4v) is 5.82. The van der Waals surface area contributed by atoms with E-state index in [4.69, 9.17) is 15.2 Å². The van der Waals surface area contributed by atoms with Crippen LogP contribution in [0.5, 0.6) is 0 Å². The molecule has 200 valence electrons. The Morgan fingerprint density at radius 3 is 2.46 bits per heavy atom. The molecule has 0 radical (unpaired) electrons. The molecule has 0 saturated carbocycles. The van der Waals surface area contributed by atoms with Crippen molar-refractivity contribution >= 4 is 5.91 Å². The molecule has 3 N–H and O–H groups in total. The van der Waals surface area contributed by atoms with Gasteiger partial charge in [0.2, 0.25) is 0 Å². The highest BCUT2D eigenvalue weighted by atomic mass is 16.5. The number of nitrogens with zero attached hydrogens (tertiary/aromatic N) is 2. The number of amides is 1. The first-order valence-corrected chi connectivity index (χ1v) is 13.8. The lowest BCUT2D eigenvalue weighted by Crippen LogP contribution is -2.46. The third-order valence-corrected chi connectivity index (χ3v) is 7.97. The van der Waals surface area contributed by atoms with Crippen LogP contribution in [0, 0.1) is 5.92 Å². The van der Waals surface area contributed by atoms with E-state index in [0.29, 0.717) is 31.6 Å². The molecular formula is C30H41N3O4. The molecule has 37 heavy (non-hydrogen) atoms. The molecule has 2 aromatic rings. The number of aliphatic hydroxyl groups is 1. The van der Waals surface area contributed by atoms with E-state index < -0.39 is 6.10 Å². The molecular weight excluding hydrogens is 466 g/mol. The Balaban J connectivity index is 0.000000412. The normalized spacial score (nSPS) is 24.3. The summed E-state index contributed by atoms with van der Waals surface area (Å²) in [4.78, 5) is 17.3. The first kappa shape index (κ1) is 26.3. The van der Waals surface area contributed by atoms with Gasteiger partial charge in [-0.2, -0.15) is 0 Å². The zero-order chi connectivity index (χ0) is 25.6. The molecule has 3 atom stereocenters. The van der Waals surface area contributed by atoms with Crippen LogP contribution in [0.3, 0.4) is 0 Å². The Morgan fingerprint density at radius 1 is 0.946 bits per heavy atom. The van der Waals surface area contributed by atoms with Gasteiger partial charge in [0.1, 0.15) is 0 Å². The van der Waals surface area contributed by atoms with Gasteiger partial charge in [-0.25, -0.2) is 0 Å². The molecule has 7 heteroatoms. The Morgan fingerprint density at radius 2 is 1.73 bits per heavy atom. The van der Waals surface area contributed by atoms with Crippen LogP contribution < -0.4 is 5.73 Å². The van der Waals surface area contributed by atoms with E-state index in [1.807, 2.05) is 4.90 Å². The number of hydrogen-bond acceptors (Lipinski definition) is 6. The summed E-state index contributed by atoms with van der Waals surface area (Å²) in [6, 6.07) is 15.2. The molecule has 0 spiro atoms. The Labute approximate surface area is 220 Å². The number of nitrogens with two attached hydrogens (primary N) is 1. The minimum Gasteiger partial charge on any atom is -0.390 e. The van der Waals surface area contributed by atoms with Crippen molar-refractivity contribution in [3.63, 3.8) is 0 Å². The van der Waals surface area contributed by atoms with E-state index >= 15 is 0 Å². The maximum absolute atomic E-state index is 13.2. The summed E-state index contributed by atoms with van der Waals surface area (Å²) < 4.78 is 10.4. The van der Waals surface area contributed by atoms with Crippen molar-refractivity contribution in [2.75, 3.05) is 52.6 Å². The number of fused-ring (bicyclic) bond motifs is 2. The lowest BCUT2D eigenvalue weighted by Gasteiger charge is -2.34. The molecule has 2 fully saturated rings. The standard InChI is InChI=1S/C26H32N2O3.C4H9NO/c29-24(16-27-10-7-21-3-1-2-4-23(21)15-27)17-28-11-8-22-6-5-19(14-25(22)26(28)30)13-20-9-12-31-18-20;5-4-1-2-6-3-4/h1-6,14,20,24,29H,7-13,15-18H2;4H,1-3,5H2/t20-,24-;4-/m01/s1. The van der Waals surface area contributed by atoms with Crippen molar-refractivity contribution in [1.29, 1.82) is 0 Å². The number of carbonyl (C=O) groups is 1. The number of benzene rings is 2. The summed E-state index contributed by atoms with van der Waals surface area (Å²) in [7, 11) is 0. The van der Waals surface area contributed by atoms with Gasteiger partial charge < -0.3 is 25.2 Å². The maximum Gasteiger partial charge on any atom is 0.254 e. The lowest BCUT2D eigenvalue weighted by atomic mass is 9.92. The fraction of sp³-hybridized carbons (Fsp3) is 0.567. The Bertz CT molecular complexity index is 1050. The summed E-state index contributed by atoms with van der Waals surface area (Å²) in [5.74, 6) is 0.623. The van der Waals surface area contributed by atoms with Crippen LogP contribution in [0.4, 0.5) is 0 Å². The van der Waals surface area contributed by atoms with E-state index in [9.17, 15) is 9.90 Å². The zero-order valence-electron chi connectivity index (χ0n) is 21.8. The van der Waals surface area contributed by atoms with Crippen molar-refractivity contribution in [2.45, 2.75) is 50.8 Å². The number of carbonyl (C=O) groups excluding carboxylic acids is 1. The molecule has 0 aliphatic carbocycles. The smallest absolute Gasteiger partial charge is 0.254 e. The fourth-order valence-electron chi connectivity index (χ4n) is 5.82. The molecule has 6 rings (SSSR count). The molecule has 4 heterocycles. The second kappa shape index (κ2) is 12.5. The van der Waals surface area contributed by atoms with Crippen LogP contribution in [-0.4, -0.2) is 85.6 Å². The number of ether oxygens (including phenoxy) is 2. The average Bonchev–Trinajstić information content (AvgIpc) is 3.60. The Kier molecular flexibility index (Phi) is 8.89. The lowest BCUT2D eigenvalue weighted by molar-refractivity contribution is 0.0492. The summed E-state index contributed by atoms with van der Waals surface area (Å²) in [5.41, 5.74) is 11.3. The minimum atomic E-state index is -0.533. The predicted octanol–water partition coefficient (Wildman–Crippen LogP) is 2.42. The number of β-amino-alcohol motifs (C(OH)–C–C–N with tert-alkyl or cyclic N) is 1. The maximum atomic E-state index is 13.2. The van der Waals surface area contributed by atoms with Crippen molar-refractivity contribution in [3.05, 3.63) is 70.3 Å². The summed E-state index contributed by atoms with van der Waals surface area (Å²) in [6.07, 6.45) is 4.46. The molecule has 4 aliphatic heterocycles. The van der Waals surface area contributed by atoms with Gasteiger partial charge >= 0.3 is 0 Å². The molecule has 7 nitrogen and oxygen atoms in total. The van der Waals surface area contributed by atoms with Crippen molar-refractivity contribution in [3.8, 4) is 0 Å². The van der Waals surface area contributed by atoms with E-state index in [0.717, 1.165) is 82.7 Å². The average molecular weight is 508 g/mol. The van der Waals surface area contributed by atoms with Crippen molar-refractivity contribution in [2.24, 2.45) is 11.7 Å². The number of rotatable bonds is 6. The topological polar surface area (TPSA) is 88.3 Å². The first-order valence-electron chi connectivity index (χ1n) is 13.8. The second-order valence-electron chi connectivity index (χ2n) is 11.0. The van der Waals surface area contributed by atoms with Gasteiger partial charge in [-0.15, -0.1) is 0 Å². The summed E-state index contributed by atoms with van der Waals surface area (Å²) >= 11 is 0. The van der Waals surface area contributed by atoms with Gasteiger partial charge in [-0.1, -0.05) is 36.4 Å². The molecule has 1 amide bonds. The summed E-state index contributed by atoms with van der Waals surface area (Å²) in [6.45, 7) is 6.82. The highest BCUT2D eigenvalue weighted by Gasteiger charge is 2.28. The van der Waals surface area contributed by atoms with Crippen molar-refractivity contribution in [1.82, 2.24) is 9.80 Å². The van der Waals surface area contributed by atoms with E-state index in [1.165, 1.54) is 16.7 Å². The third-order valence-electron chi connectivity index (χ3n) is 7.97.